The topological polar surface area (TPSA) is 117 Å². The zero-order valence-electron chi connectivity index (χ0n) is 23.8. The van der Waals surface area contributed by atoms with Crippen LogP contribution in [0.2, 0.25) is 0 Å². The number of rotatable bonds is 11. The molecule has 0 radical (unpaired) electrons. The van der Waals surface area contributed by atoms with Gasteiger partial charge in [0.2, 0.25) is 5.91 Å². The summed E-state index contributed by atoms with van der Waals surface area (Å²) in [7, 11) is 1.31. The van der Waals surface area contributed by atoms with Crippen molar-refractivity contribution in [1.29, 1.82) is 0 Å². The van der Waals surface area contributed by atoms with E-state index < -0.39 is 11.9 Å². The number of aryl methyl sites for hydroxylation is 1. The van der Waals surface area contributed by atoms with Crippen molar-refractivity contribution in [3.05, 3.63) is 136 Å². The van der Waals surface area contributed by atoms with Crippen molar-refractivity contribution >= 4 is 28.8 Å². The summed E-state index contributed by atoms with van der Waals surface area (Å²) in [5, 5.41) is 0. The van der Waals surface area contributed by atoms with Crippen molar-refractivity contribution in [3.63, 3.8) is 0 Å². The standard InChI is InChI=1S/C34H32N4O5/c1-36(33(35)41)29(39)22-26-18-19-28(32(40)25-14-7-3-8-15-25)31-30(26)37(20-11-21-43-27-16-9-4-10-17-27)34(42)38(31)23-24-12-5-2-6-13-24/h2-10,12-19H,11,20-23H2,1H3,(H2,35,41). The van der Waals surface area contributed by atoms with Crippen LogP contribution in [0.3, 0.4) is 0 Å². The van der Waals surface area contributed by atoms with Gasteiger partial charge in [-0.15, -0.1) is 0 Å². The molecule has 0 spiro atoms. The lowest BCUT2D eigenvalue weighted by Gasteiger charge is -2.15. The van der Waals surface area contributed by atoms with Crippen LogP contribution in [-0.4, -0.2) is 45.4 Å². The minimum Gasteiger partial charge on any atom is -0.494 e. The normalized spacial score (nSPS) is 10.9. The Kier molecular flexibility index (Phi) is 8.81. The average Bonchev–Trinajstić information content (AvgIpc) is 3.31. The average molecular weight is 577 g/mol. The second-order valence-electron chi connectivity index (χ2n) is 10.2. The second-order valence-corrected chi connectivity index (χ2v) is 10.2. The zero-order valence-corrected chi connectivity index (χ0v) is 23.8. The van der Waals surface area contributed by atoms with E-state index in [2.05, 4.69) is 0 Å². The maximum absolute atomic E-state index is 14.2. The Morgan fingerprint density at radius 2 is 1.42 bits per heavy atom. The molecule has 9 heteroatoms. The van der Waals surface area contributed by atoms with E-state index in [1.165, 1.54) is 7.05 Å². The first kappa shape index (κ1) is 29.1. The molecule has 0 fully saturated rings. The summed E-state index contributed by atoms with van der Waals surface area (Å²) < 4.78 is 9.05. The predicted molar refractivity (Wildman–Crippen MR) is 164 cm³/mol. The number of ether oxygens (including phenoxy) is 1. The Labute approximate surface area is 248 Å². The van der Waals surface area contributed by atoms with Crippen LogP contribution in [0.1, 0.15) is 33.5 Å². The largest absolute Gasteiger partial charge is 0.494 e. The van der Waals surface area contributed by atoms with Gasteiger partial charge in [0.15, 0.2) is 5.78 Å². The van der Waals surface area contributed by atoms with Crippen LogP contribution < -0.4 is 16.2 Å². The fourth-order valence-corrected chi connectivity index (χ4v) is 5.06. The minimum absolute atomic E-state index is 0.189. The number of fused-ring (bicyclic) bond motifs is 1. The highest BCUT2D eigenvalue weighted by Gasteiger charge is 2.25. The number of aromatic nitrogens is 2. The van der Waals surface area contributed by atoms with Gasteiger partial charge >= 0.3 is 11.7 Å². The lowest BCUT2D eigenvalue weighted by Crippen LogP contribution is -2.38. The summed E-state index contributed by atoms with van der Waals surface area (Å²) in [6.45, 7) is 0.847. The van der Waals surface area contributed by atoms with E-state index >= 15 is 0 Å². The SMILES string of the molecule is CN(C(N)=O)C(=O)Cc1ccc(C(=O)c2ccccc2)c2c1n(CCCOc1ccccc1)c(=O)n2Cc1ccccc1. The van der Waals surface area contributed by atoms with Gasteiger partial charge in [-0.2, -0.15) is 0 Å². The third-order valence-corrected chi connectivity index (χ3v) is 7.28. The molecule has 4 aromatic carbocycles. The van der Waals surface area contributed by atoms with E-state index in [0.29, 0.717) is 40.8 Å². The molecule has 3 amide bonds. The molecule has 0 unspecified atom stereocenters. The summed E-state index contributed by atoms with van der Waals surface area (Å²) in [4.78, 5) is 53.6. The molecule has 0 saturated heterocycles. The van der Waals surface area contributed by atoms with Crippen LogP contribution in [0.25, 0.3) is 11.0 Å². The Hall–Kier alpha value is -5.44. The van der Waals surface area contributed by atoms with Crippen molar-refractivity contribution in [2.45, 2.75) is 25.9 Å². The van der Waals surface area contributed by atoms with E-state index in [0.717, 1.165) is 16.2 Å². The molecular weight excluding hydrogens is 544 g/mol. The highest BCUT2D eigenvalue weighted by atomic mass is 16.5. The summed E-state index contributed by atoms with van der Waals surface area (Å²) in [5.74, 6) is -0.0554. The van der Waals surface area contributed by atoms with E-state index in [-0.39, 0.29) is 31.0 Å². The van der Waals surface area contributed by atoms with Crippen LogP contribution in [0.5, 0.6) is 5.75 Å². The number of nitrogens with zero attached hydrogens (tertiary/aromatic N) is 3. The lowest BCUT2D eigenvalue weighted by atomic mass is 9.98. The number of para-hydroxylation sites is 1. The van der Waals surface area contributed by atoms with Crippen LogP contribution in [0, 0.1) is 0 Å². The molecule has 1 heterocycles. The molecule has 5 rings (SSSR count). The second kappa shape index (κ2) is 13.0. The Balaban J connectivity index is 1.65. The number of carbonyl (C=O) groups excluding carboxylic acids is 3. The molecule has 43 heavy (non-hydrogen) atoms. The molecule has 0 bridgehead atoms. The number of carbonyl (C=O) groups is 3. The molecule has 218 valence electrons. The number of hydrogen-bond donors (Lipinski definition) is 1. The predicted octanol–water partition coefficient (Wildman–Crippen LogP) is 4.63. The van der Waals surface area contributed by atoms with Gasteiger partial charge in [0.1, 0.15) is 5.75 Å². The van der Waals surface area contributed by atoms with Gasteiger partial charge in [-0.1, -0.05) is 84.9 Å². The third kappa shape index (κ3) is 6.41. The van der Waals surface area contributed by atoms with Crippen molar-refractivity contribution in [3.8, 4) is 5.75 Å². The number of imidazole rings is 1. The van der Waals surface area contributed by atoms with Crippen molar-refractivity contribution in [1.82, 2.24) is 14.0 Å². The first-order chi connectivity index (χ1) is 20.8. The fraction of sp³-hybridized carbons (Fsp3) is 0.176. The van der Waals surface area contributed by atoms with Gasteiger partial charge < -0.3 is 10.5 Å². The lowest BCUT2D eigenvalue weighted by molar-refractivity contribution is -0.126. The first-order valence-corrected chi connectivity index (χ1v) is 14.0. The number of hydrogen-bond acceptors (Lipinski definition) is 5. The molecule has 0 aliphatic carbocycles. The van der Waals surface area contributed by atoms with Crippen molar-refractivity contribution in [2.24, 2.45) is 5.73 Å². The number of nitrogens with two attached hydrogens (primary N) is 1. The van der Waals surface area contributed by atoms with E-state index in [4.69, 9.17) is 10.5 Å². The van der Waals surface area contributed by atoms with Crippen LogP contribution in [0.4, 0.5) is 4.79 Å². The molecule has 1 aromatic heterocycles. The highest BCUT2D eigenvalue weighted by Crippen LogP contribution is 2.27. The number of amides is 3. The number of benzene rings is 4. The number of primary amides is 1. The maximum atomic E-state index is 14.2. The number of likely N-dealkylation sites (N-methyl/N-ethyl adjacent to an activating group) is 1. The Bertz CT molecular complexity index is 1810. The summed E-state index contributed by atoms with van der Waals surface area (Å²) in [6, 6.07) is 30.2. The van der Waals surface area contributed by atoms with Gasteiger partial charge in [-0.3, -0.25) is 23.6 Å². The quantitative estimate of drug-likeness (QED) is 0.182. The van der Waals surface area contributed by atoms with E-state index in [1.54, 1.807) is 45.5 Å². The van der Waals surface area contributed by atoms with Gasteiger partial charge in [0.25, 0.3) is 0 Å². The summed E-state index contributed by atoms with van der Waals surface area (Å²) >= 11 is 0. The van der Waals surface area contributed by atoms with E-state index in [9.17, 15) is 19.2 Å². The number of ketones is 1. The minimum atomic E-state index is -0.880. The van der Waals surface area contributed by atoms with Gasteiger partial charge in [-0.25, -0.2) is 9.59 Å². The molecule has 0 aliphatic heterocycles. The first-order valence-electron chi connectivity index (χ1n) is 14.0. The molecule has 2 N–H and O–H groups in total. The summed E-state index contributed by atoms with van der Waals surface area (Å²) in [6.07, 6.45) is 0.301. The number of imide groups is 1. The molecule has 5 aromatic rings. The Morgan fingerprint density at radius 1 is 0.791 bits per heavy atom. The van der Waals surface area contributed by atoms with Crippen LogP contribution in [-0.2, 0) is 24.3 Å². The highest BCUT2D eigenvalue weighted by molar-refractivity contribution is 6.16. The molecule has 0 saturated carbocycles. The van der Waals surface area contributed by atoms with Crippen LogP contribution >= 0.6 is 0 Å². The molecule has 0 atom stereocenters. The van der Waals surface area contributed by atoms with Gasteiger partial charge in [-0.05, 0) is 35.7 Å². The monoisotopic (exact) mass is 576 g/mol. The fourth-order valence-electron chi connectivity index (χ4n) is 5.06. The van der Waals surface area contributed by atoms with Crippen molar-refractivity contribution in [2.75, 3.05) is 13.7 Å². The van der Waals surface area contributed by atoms with Crippen molar-refractivity contribution < 1.29 is 19.1 Å². The molecule has 9 nitrogen and oxygen atoms in total. The summed E-state index contributed by atoms with van der Waals surface area (Å²) in [5.41, 5.74) is 8.13. The molecular formula is C34H32N4O5. The maximum Gasteiger partial charge on any atom is 0.329 e. The third-order valence-electron chi connectivity index (χ3n) is 7.28. The van der Waals surface area contributed by atoms with E-state index in [1.807, 2.05) is 66.7 Å². The van der Waals surface area contributed by atoms with Crippen LogP contribution in [0.15, 0.2) is 108 Å². The smallest absolute Gasteiger partial charge is 0.329 e. The van der Waals surface area contributed by atoms with Gasteiger partial charge in [0.05, 0.1) is 30.6 Å². The Morgan fingerprint density at radius 3 is 2.07 bits per heavy atom. The zero-order chi connectivity index (χ0) is 30.3. The molecule has 0 aliphatic rings. The number of urea groups is 1. The van der Waals surface area contributed by atoms with Gasteiger partial charge in [0, 0.05) is 24.7 Å².